The van der Waals surface area contributed by atoms with Gasteiger partial charge in [0, 0.05) is 25.0 Å². The summed E-state index contributed by atoms with van der Waals surface area (Å²) < 4.78 is 11.4. The normalized spacial score (nSPS) is 21.0. The van der Waals surface area contributed by atoms with E-state index < -0.39 is 0 Å². The van der Waals surface area contributed by atoms with Crippen molar-refractivity contribution >= 4 is 0 Å². The Balaban J connectivity index is 1.66. The molecule has 4 nitrogen and oxygen atoms in total. The van der Waals surface area contributed by atoms with Gasteiger partial charge in [0.2, 0.25) is 0 Å². The topological polar surface area (TPSA) is 47.7 Å². The quantitative estimate of drug-likeness (QED) is 0.905. The predicted molar refractivity (Wildman–Crippen MR) is 83.8 cm³/mol. The van der Waals surface area contributed by atoms with Gasteiger partial charge in [-0.2, -0.15) is 0 Å². The molecule has 1 aliphatic heterocycles. The molecule has 0 radical (unpaired) electrons. The van der Waals surface area contributed by atoms with Gasteiger partial charge >= 0.3 is 0 Å². The second kappa shape index (κ2) is 6.24. The van der Waals surface area contributed by atoms with E-state index in [9.17, 15) is 0 Å². The highest BCUT2D eigenvalue weighted by molar-refractivity contribution is 5.44. The Morgan fingerprint density at radius 3 is 2.67 bits per heavy atom. The monoisotopic (exact) mass is 290 g/mol. The molecule has 2 atom stereocenters. The fourth-order valence-corrected chi connectivity index (χ4v) is 2.93. The minimum absolute atomic E-state index is 0.00773. The third-order valence-corrected chi connectivity index (χ3v) is 4.68. The van der Waals surface area contributed by atoms with Crippen LogP contribution in [0.25, 0.3) is 0 Å². The largest absolute Gasteiger partial charge is 0.490 e. The molecule has 3 rings (SSSR count). The van der Waals surface area contributed by atoms with Crippen molar-refractivity contribution in [1.82, 2.24) is 4.90 Å². The Morgan fingerprint density at radius 2 is 1.95 bits per heavy atom. The zero-order chi connectivity index (χ0) is 14.8. The summed E-state index contributed by atoms with van der Waals surface area (Å²) in [5, 5.41) is 0. The van der Waals surface area contributed by atoms with E-state index in [-0.39, 0.29) is 6.04 Å². The summed E-state index contributed by atoms with van der Waals surface area (Å²) >= 11 is 0. The molecule has 2 N–H and O–H groups in total. The highest BCUT2D eigenvalue weighted by Crippen LogP contribution is 2.35. The van der Waals surface area contributed by atoms with Crippen LogP contribution < -0.4 is 15.2 Å². The molecule has 1 saturated carbocycles. The molecule has 1 aromatic carbocycles. The van der Waals surface area contributed by atoms with Gasteiger partial charge in [-0.05, 0) is 50.4 Å². The van der Waals surface area contributed by atoms with Crippen molar-refractivity contribution in [2.24, 2.45) is 11.7 Å². The maximum atomic E-state index is 6.39. The van der Waals surface area contributed by atoms with Crippen LogP contribution >= 0.6 is 0 Å². The molecule has 1 heterocycles. The minimum atomic E-state index is 0.00773. The van der Waals surface area contributed by atoms with E-state index in [4.69, 9.17) is 15.2 Å². The lowest BCUT2D eigenvalue weighted by molar-refractivity contribution is 0.221. The molecule has 1 aliphatic carbocycles. The number of nitrogens with two attached hydrogens (primary N) is 1. The van der Waals surface area contributed by atoms with Gasteiger partial charge in [0.25, 0.3) is 0 Å². The standard InChI is InChI=1S/C17H26N2O2/c1-12(13-4-5-13)19(2)11-15(18)14-6-7-16-17(10-14)21-9-3-8-20-16/h6-7,10,12-13,15H,3-5,8-9,11,18H2,1-2H3. The lowest BCUT2D eigenvalue weighted by atomic mass is 10.1. The highest BCUT2D eigenvalue weighted by Gasteiger charge is 2.31. The number of fused-ring (bicyclic) bond motifs is 1. The number of likely N-dealkylation sites (N-methyl/N-ethyl adjacent to an activating group) is 1. The van der Waals surface area contributed by atoms with E-state index >= 15 is 0 Å². The van der Waals surface area contributed by atoms with Crippen molar-refractivity contribution < 1.29 is 9.47 Å². The molecule has 0 spiro atoms. The van der Waals surface area contributed by atoms with E-state index in [1.54, 1.807) is 0 Å². The smallest absolute Gasteiger partial charge is 0.161 e. The summed E-state index contributed by atoms with van der Waals surface area (Å²) in [4.78, 5) is 2.38. The van der Waals surface area contributed by atoms with Crippen LogP contribution in [-0.2, 0) is 0 Å². The van der Waals surface area contributed by atoms with E-state index in [1.165, 1.54) is 12.8 Å². The van der Waals surface area contributed by atoms with Crippen molar-refractivity contribution in [2.45, 2.75) is 38.3 Å². The third kappa shape index (κ3) is 3.50. The number of benzene rings is 1. The van der Waals surface area contributed by atoms with Crippen LogP contribution in [0.2, 0.25) is 0 Å². The van der Waals surface area contributed by atoms with Crippen molar-refractivity contribution in [2.75, 3.05) is 26.8 Å². The van der Waals surface area contributed by atoms with Crippen molar-refractivity contribution in [1.29, 1.82) is 0 Å². The number of nitrogens with zero attached hydrogens (tertiary/aromatic N) is 1. The first-order chi connectivity index (χ1) is 10.1. The molecule has 1 aromatic rings. The first-order valence-corrected chi connectivity index (χ1v) is 8.00. The fraction of sp³-hybridized carbons (Fsp3) is 0.647. The van der Waals surface area contributed by atoms with Gasteiger partial charge in [-0.1, -0.05) is 6.07 Å². The Labute approximate surface area is 127 Å². The fourth-order valence-electron chi connectivity index (χ4n) is 2.93. The number of hydrogen-bond acceptors (Lipinski definition) is 4. The van der Waals surface area contributed by atoms with E-state index in [2.05, 4.69) is 24.9 Å². The molecule has 2 aliphatic rings. The first-order valence-electron chi connectivity index (χ1n) is 8.00. The van der Waals surface area contributed by atoms with Crippen LogP contribution in [0.1, 0.15) is 37.8 Å². The summed E-state index contributed by atoms with van der Waals surface area (Å²) in [6, 6.07) is 6.72. The van der Waals surface area contributed by atoms with Gasteiger partial charge in [-0.3, -0.25) is 0 Å². The molecule has 116 valence electrons. The van der Waals surface area contributed by atoms with Crippen LogP contribution in [0.3, 0.4) is 0 Å². The summed E-state index contributed by atoms with van der Waals surface area (Å²) in [6.45, 7) is 4.61. The molecule has 0 amide bonds. The van der Waals surface area contributed by atoms with E-state index in [0.717, 1.165) is 42.6 Å². The minimum Gasteiger partial charge on any atom is -0.490 e. The lowest BCUT2D eigenvalue weighted by Gasteiger charge is -2.27. The molecule has 0 aromatic heterocycles. The van der Waals surface area contributed by atoms with Crippen molar-refractivity contribution in [3.63, 3.8) is 0 Å². The Kier molecular flexibility index (Phi) is 4.36. The molecule has 0 saturated heterocycles. The second-order valence-corrected chi connectivity index (χ2v) is 6.38. The summed E-state index contributed by atoms with van der Waals surface area (Å²) in [5.41, 5.74) is 7.51. The SMILES string of the molecule is CC(C1CC1)N(C)CC(N)c1ccc2c(c1)OCCCO2. The molecule has 4 heteroatoms. The van der Waals surface area contributed by atoms with Crippen LogP contribution in [0.15, 0.2) is 18.2 Å². The number of hydrogen-bond donors (Lipinski definition) is 1. The van der Waals surface area contributed by atoms with Gasteiger partial charge < -0.3 is 20.1 Å². The van der Waals surface area contributed by atoms with E-state index in [0.29, 0.717) is 12.6 Å². The first kappa shape index (κ1) is 14.7. The zero-order valence-electron chi connectivity index (χ0n) is 13.0. The zero-order valence-corrected chi connectivity index (χ0v) is 13.0. The average Bonchev–Trinajstić information content (AvgIpc) is 3.32. The summed E-state index contributed by atoms with van der Waals surface area (Å²) in [6.07, 6.45) is 3.66. The molecule has 0 bridgehead atoms. The molecule has 21 heavy (non-hydrogen) atoms. The average molecular weight is 290 g/mol. The van der Waals surface area contributed by atoms with Crippen LogP contribution in [-0.4, -0.2) is 37.7 Å². The Bertz CT molecular complexity index is 488. The van der Waals surface area contributed by atoms with Gasteiger partial charge in [-0.25, -0.2) is 0 Å². The van der Waals surface area contributed by atoms with Crippen LogP contribution in [0.5, 0.6) is 11.5 Å². The Morgan fingerprint density at radius 1 is 1.24 bits per heavy atom. The second-order valence-electron chi connectivity index (χ2n) is 6.38. The molecule has 1 fully saturated rings. The van der Waals surface area contributed by atoms with Gasteiger partial charge in [-0.15, -0.1) is 0 Å². The molecular formula is C17H26N2O2. The summed E-state index contributed by atoms with van der Waals surface area (Å²) in [5.74, 6) is 2.53. The van der Waals surface area contributed by atoms with Crippen molar-refractivity contribution in [3.8, 4) is 11.5 Å². The molecular weight excluding hydrogens is 264 g/mol. The lowest BCUT2D eigenvalue weighted by Crippen LogP contribution is -2.36. The number of ether oxygens (including phenoxy) is 2. The summed E-state index contributed by atoms with van der Waals surface area (Å²) in [7, 11) is 2.17. The van der Waals surface area contributed by atoms with Crippen LogP contribution in [0, 0.1) is 5.92 Å². The van der Waals surface area contributed by atoms with Gasteiger partial charge in [0.15, 0.2) is 11.5 Å². The van der Waals surface area contributed by atoms with Gasteiger partial charge in [0.1, 0.15) is 0 Å². The van der Waals surface area contributed by atoms with Crippen molar-refractivity contribution in [3.05, 3.63) is 23.8 Å². The predicted octanol–water partition coefficient (Wildman–Crippen LogP) is 2.58. The maximum Gasteiger partial charge on any atom is 0.161 e. The molecule has 2 unspecified atom stereocenters. The van der Waals surface area contributed by atoms with E-state index in [1.807, 2.05) is 12.1 Å². The maximum absolute atomic E-state index is 6.39. The Hall–Kier alpha value is -1.26. The van der Waals surface area contributed by atoms with Gasteiger partial charge in [0.05, 0.1) is 13.2 Å². The third-order valence-electron chi connectivity index (χ3n) is 4.68. The highest BCUT2D eigenvalue weighted by atomic mass is 16.5. The number of rotatable bonds is 5. The van der Waals surface area contributed by atoms with Crippen LogP contribution in [0.4, 0.5) is 0 Å².